The van der Waals surface area contributed by atoms with Crippen LogP contribution in [0.2, 0.25) is 5.02 Å². The van der Waals surface area contributed by atoms with Crippen LogP contribution in [0.25, 0.3) is 11.1 Å². The Labute approximate surface area is 184 Å². The number of rotatable bonds is 7. The van der Waals surface area contributed by atoms with Crippen molar-refractivity contribution >= 4 is 28.6 Å². The third kappa shape index (κ3) is 4.81. The first-order chi connectivity index (χ1) is 15.1. The molecule has 1 N–H and O–H groups in total. The summed E-state index contributed by atoms with van der Waals surface area (Å²) in [4.78, 5) is 17.2. The van der Waals surface area contributed by atoms with Gasteiger partial charge >= 0.3 is 0 Å². The zero-order valence-electron chi connectivity index (χ0n) is 17.1. The normalized spacial score (nSPS) is 10.8. The third-order valence-electron chi connectivity index (χ3n) is 4.87. The Balaban J connectivity index is 1.47. The number of oxazole rings is 1. The van der Waals surface area contributed by atoms with Crippen LogP contribution in [0.3, 0.4) is 0 Å². The molecule has 1 heterocycles. The maximum Gasteiger partial charge on any atom is 0.251 e. The average Bonchev–Trinajstić information content (AvgIpc) is 3.18. The summed E-state index contributed by atoms with van der Waals surface area (Å²) in [5.41, 5.74) is 3.61. The maximum absolute atomic E-state index is 12.7. The minimum atomic E-state index is -0.215. The quantitative estimate of drug-likeness (QED) is 0.440. The third-order valence-corrected chi connectivity index (χ3v) is 5.11. The van der Waals surface area contributed by atoms with Gasteiger partial charge in [0.25, 0.3) is 5.91 Å². The van der Waals surface area contributed by atoms with E-state index >= 15 is 0 Å². The van der Waals surface area contributed by atoms with Gasteiger partial charge in [0.15, 0.2) is 11.5 Å². The molecule has 3 aromatic carbocycles. The van der Waals surface area contributed by atoms with Crippen LogP contribution in [-0.2, 0) is 13.0 Å². The lowest BCUT2D eigenvalue weighted by molar-refractivity contribution is 0.0950. The molecule has 1 amide bonds. The van der Waals surface area contributed by atoms with Crippen LogP contribution >= 0.6 is 11.6 Å². The fourth-order valence-corrected chi connectivity index (χ4v) is 3.50. The molecule has 0 saturated heterocycles. The topological polar surface area (TPSA) is 73.6 Å². The Hall–Kier alpha value is -3.51. The summed E-state index contributed by atoms with van der Waals surface area (Å²) in [5, 5.41) is 3.58. The molecule has 31 heavy (non-hydrogen) atoms. The number of hydrogen-bond acceptors (Lipinski definition) is 5. The summed E-state index contributed by atoms with van der Waals surface area (Å²) >= 11 is 6.04. The second-order valence-corrected chi connectivity index (χ2v) is 7.39. The molecule has 0 radical (unpaired) electrons. The van der Waals surface area contributed by atoms with E-state index in [9.17, 15) is 4.79 Å². The monoisotopic (exact) mass is 436 g/mol. The average molecular weight is 437 g/mol. The highest BCUT2D eigenvalue weighted by Gasteiger charge is 2.13. The summed E-state index contributed by atoms with van der Waals surface area (Å²) < 4.78 is 16.4. The van der Waals surface area contributed by atoms with Gasteiger partial charge in [0, 0.05) is 35.2 Å². The highest BCUT2D eigenvalue weighted by atomic mass is 35.5. The van der Waals surface area contributed by atoms with Crippen molar-refractivity contribution in [2.24, 2.45) is 0 Å². The minimum Gasteiger partial charge on any atom is -0.497 e. The molecular weight excluding hydrogens is 416 g/mol. The molecule has 0 bridgehead atoms. The largest absolute Gasteiger partial charge is 0.497 e. The van der Waals surface area contributed by atoms with Crippen LogP contribution < -0.4 is 14.8 Å². The van der Waals surface area contributed by atoms with E-state index < -0.39 is 0 Å². The van der Waals surface area contributed by atoms with E-state index in [1.165, 1.54) is 0 Å². The summed E-state index contributed by atoms with van der Waals surface area (Å²) in [6, 6.07) is 18.2. The molecule has 4 rings (SSSR count). The van der Waals surface area contributed by atoms with Crippen molar-refractivity contribution in [1.82, 2.24) is 10.3 Å². The SMILES string of the molecule is COc1ccc(CNC(=O)c2ccc3nc(Cc4cccc(Cl)c4)oc3c2)c(OC)c1. The van der Waals surface area contributed by atoms with E-state index in [2.05, 4.69) is 10.3 Å². The number of halogens is 1. The zero-order chi connectivity index (χ0) is 21.8. The van der Waals surface area contributed by atoms with Crippen LogP contribution in [0.1, 0.15) is 27.4 Å². The van der Waals surface area contributed by atoms with Crippen LogP contribution in [0.4, 0.5) is 0 Å². The molecule has 6 nitrogen and oxygen atoms in total. The standard InChI is InChI=1S/C24H21ClN2O4/c1-29-19-8-6-17(21(13-19)30-2)14-26-24(28)16-7-9-20-22(12-16)31-23(27-20)11-15-4-3-5-18(25)10-15/h3-10,12-13H,11,14H2,1-2H3,(H,26,28). The van der Waals surface area contributed by atoms with Crippen molar-refractivity contribution in [3.63, 3.8) is 0 Å². The van der Waals surface area contributed by atoms with E-state index in [1.54, 1.807) is 38.5 Å². The van der Waals surface area contributed by atoms with Gasteiger partial charge in [-0.05, 0) is 48.0 Å². The molecule has 158 valence electrons. The van der Waals surface area contributed by atoms with Crippen molar-refractivity contribution in [3.05, 3.63) is 88.3 Å². The number of carbonyl (C=O) groups excluding carboxylic acids is 1. The Bertz CT molecular complexity index is 1240. The second-order valence-electron chi connectivity index (χ2n) is 6.96. The highest BCUT2D eigenvalue weighted by molar-refractivity contribution is 6.30. The molecule has 0 aliphatic heterocycles. The van der Waals surface area contributed by atoms with E-state index in [0.29, 0.717) is 52.0 Å². The van der Waals surface area contributed by atoms with Crippen LogP contribution in [0.15, 0.2) is 65.1 Å². The number of nitrogens with one attached hydrogen (secondary N) is 1. The van der Waals surface area contributed by atoms with E-state index in [-0.39, 0.29) is 5.91 Å². The molecule has 7 heteroatoms. The number of aromatic nitrogens is 1. The van der Waals surface area contributed by atoms with E-state index in [0.717, 1.165) is 11.1 Å². The lowest BCUT2D eigenvalue weighted by Gasteiger charge is -2.11. The van der Waals surface area contributed by atoms with Gasteiger partial charge in [-0.15, -0.1) is 0 Å². The smallest absolute Gasteiger partial charge is 0.251 e. The highest BCUT2D eigenvalue weighted by Crippen LogP contribution is 2.25. The van der Waals surface area contributed by atoms with Gasteiger partial charge in [-0.1, -0.05) is 23.7 Å². The number of amides is 1. The van der Waals surface area contributed by atoms with Crippen LogP contribution in [-0.4, -0.2) is 25.1 Å². The van der Waals surface area contributed by atoms with E-state index in [1.807, 2.05) is 36.4 Å². The van der Waals surface area contributed by atoms with Crippen molar-refractivity contribution in [2.75, 3.05) is 14.2 Å². The van der Waals surface area contributed by atoms with Crippen LogP contribution in [0.5, 0.6) is 11.5 Å². The lowest BCUT2D eigenvalue weighted by atomic mass is 10.1. The Morgan fingerprint density at radius 2 is 1.94 bits per heavy atom. The Morgan fingerprint density at radius 1 is 1.06 bits per heavy atom. The molecule has 0 atom stereocenters. The number of nitrogens with zero attached hydrogens (tertiary/aromatic N) is 1. The van der Waals surface area contributed by atoms with Gasteiger partial charge in [0.2, 0.25) is 0 Å². The van der Waals surface area contributed by atoms with Crippen molar-refractivity contribution < 1.29 is 18.7 Å². The fraction of sp³-hybridized carbons (Fsp3) is 0.167. The van der Waals surface area contributed by atoms with Crippen LogP contribution in [0, 0.1) is 0 Å². The number of ether oxygens (including phenoxy) is 2. The molecule has 0 fully saturated rings. The molecule has 1 aromatic heterocycles. The summed E-state index contributed by atoms with van der Waals surface area (Å²) in [6.45, 7) is 0.320. The number of carbonyl (C=O) groups is 1. The molecule has 0 spiro atoms. The lowest BCUT2D eigenvalue weighted by Crippen LogP contribution is -2.23. The predicted molar refractivity (Wildman–Crippen MR) is 119 cm³/mol. The van der Waals surface area contributed by atoms with Crippen molar-refractivity contribution in [3.8, 4) is 11.5 Å². The predicted octanol–water partition coefficient (Wildman–Crippen LogP) is 5.02. The minimum absolute atomic E-state index is 0.215. The summed E-state index contributed by atoms with van der Waals surface area (Å²) in [6.07, 6.45) is 0.522. The fourth-order valence-electron chi connectivity index (χ4n) is 3.29. The van der Waals surface area contributed by atoms with Crippen molar-refractivity contribution in [1.29, 1.82) is 0 Å². The molecule has 4 aromatic rings. The van der Waals surface area contributed by atoms with Gasteiger partial charge in [0.05, 0.1) is 14.2 Å². The number of fused-ring (bicyclic) bond motifs is 1. The number of hydrogen-bond donors (Lipinski definition) is 1. The maximum atomic E-state index is 12.7. The summed E-state index contributed by atoms with van der Waals surface area (Å²) in [7, 11) is 3.18. The summed E-state index contributed by atoms with van der Waals surface area (Å²) in [5.74, 6) is 1.69. The van der Waals surface area contributed by atoms with Gasteiger partial charge in [-0.25, -0.2) is 4.98 Å². The first kappa shape index (κ1) is 20.8. The van der Waals surface area contributed by atoms with Gasteiger partial charge in [0.1, 0.15) is 17.0 Å². The Kier molecular flexibility index (Phi) is 6.09. The molecular formula is C24H21ClN2O4. The van der Waals surface area contributed by atoms with Gasteiger partial charge in [-0.3, -0.25) is 4.79 Å². The first-order valence-corrected chi connectivity index (χ1v) is 10.1. The first-order valence-electron chi connectivity index (χ1n) is 9.68. The molecule has 0 aliphatic rings. The van der Waals surface area contributed by atoms with Gasteiger partial charge < -0.3 is 19.2 Å². The van der Waals surface area contributed by atoms with Gasteiger partial charge in [-0.2, -0.15) is 0 Å². The van der Waals surface area contributed by atoms with Crippen molar-refractivity contribution in [2.45, 2.75) is 13.0 Å². The zero-order valence-corrected chi connectivity index (χ0v) is 17.9. The molecule has 0 unspecified atom stereocenters. The Morgan fingerprint density at radius 3 is 2.71 bits per heavy atom. The second kappa shape index (κ2) is 9.10. The van der Waals surface area contributed by atoms with E-state index in [4.69, 9.17) is 25.5 Å². The number of benzene rings is 3. The molecule has 0 aliphatic carbocycles. The number of methoxy groups -OCH3 is 2. The molecule has 0 saturated carbocycles.